The summed E-state index contributed by atoms with van der Waals surface area (Å²) < 4.78 is 0. The highest BCUT2D eigenvalue weighted by atomic mass is 14.6. The van der Waals surface area contributed by atoms with Crippen molar-refractivity contribution in [1.29, 1.82) is 0 Å². The molecule has 0 amide bonds. The van der Waals surface area contributed by atoms with Gasteiger partial charge in [0.1, 0.15) is 0 Å². The van der Waals surface area contributed by atoms with Gasteiger partial charge in [0.2, 0.25) is 0 Å². The molecular weight excluding hydrogens is 148 g/mol. The Morgan fingerprint density at radius 2 is 2.00 bits per heavy atom. The first kappa shape index (κ1) is 8.81. The molecule has 0 aliphatic rings. The van der Waals surface area contributed by atoms with Crippen LogP contribution in [0, 0.1) is 0 Å². The minimum absolute atomic E-state index is 0.618. The van der Waals surface area contributed by atoms with Gasteiger partial charge in [-0.3, -0.25) is 0 Å². The molecule has 0 spiro atoms. The molecule has 0 heterocycles. The molecule has 0 bridgehead atoms. The van der Waals surface area contributed by atoms with Gasteiger partial charge in [0, 0.05) is 11.3 Å². The Kier molecular flexibility index (Phi) is 2.88. The van der Waals surface area contributed by atoms with Gasteiger partial charge in [-0.2, -0.15) is 0 Å². The average molecular weight is 162 g/mol. The molecule has 0 saturated heterocycles. The minimum atomic E-state index is 0.618. The van der Waals surface area contributed by atoms with Crippen LogP contribution in [0.5, 0.6) is 0 Å². The first-order valence-corrected chi connectivity index (χ1v) is 3.98. The fraction of sp³-hybridized carbons (Fsp3) is 0.200. The van der Waals surface area contributed by atoms with E-state index in [0.29, 0.717) is 6.54 Å². The second-order valence-corrected chi connectivity index (χ2v) is 2.73. The molecule has 4 N–H and O–H groups in total. The molecule has 0 aromatic heterocycles. The monoisotopic (exact) mass is 162 g/mol. The second kappa shape index (κ2) is 3.93. The molecular formula is C10H14N2. The topological polar surface area (TPSA) is 52.0 Å². The summed E-state index contributed by atoms with van der Waals surface area (Å²) in [6.07, 6.45) is 0.800. The van der Waals surface area contributed by atoms with Crippen LogP contribution < -0.4 is 11.5 Å². The zero-order chi connectivity index (χ0) is 8.97. The summed E-state index contributed by atoms with van der Waals surface area (Å²) in [4.78, 5) is 0. The Labute approximate surface area is 72.9 Å². The third kappa shape index (κ3) is 1.86. The zero-order valence-electron chi connectivity index (χ0n) is 7.09. The minimum Gasteiger partial charge on any atom is -0.398 e. The Balaban J connectivity index is 2.87. The van der Waals surface area contributed by atoms with Crippen LogP contribution in [0.2, 0.25) is 0 Å². The molecule has 1 aromatic rings. The van der Waals surface area contributed by atoms with Crippen LogP contribution >= 0.6 is 0 Å². The number of benzene rings is 1. The second-order valence-electron chi connectivity index (χ2n) is 2.73. The fourth-order valence-corrected chi connectivity index (χ4v) is 1.13. The van der Waals surface area contributed by atoms with E-state index in [2.05, 4.69) is 6.58 Å². The standard InChI is InChI=1S/C10H14N2/c1-8(6-7-11)9-4-2-3-5-10(9)12/h2-5H,1,6-7,11-12H2. The van der Waals surface area contributed by atoms with Gasteiger partial charge in [0.05, 0.1) is 0 Å². The third-order valence-electron chi connectivity index (χ3n) is 1.79. The first-order chi connectivity index (χ1) is 5.75. The fourth-order valence-electron chi connectivity index (χ4n) is 1.13. The van der Waals surface area contributed by atoms with Gasteiger partial charge in [-0.25, -0.2) is 0 Å². The maximum Gasteiger partial charge on any atom is 0.0390 e. The molecule has 64 valence electrons. The van der Waals surface area contributed by atoms with E-state index in [1.54, 1.807) is 0 Å². The van der Waals surface area contributed by atoms with Crippen molar-refractivity contribution in [3.8, 4) is 0 Å². The number of anilines is 1. The van der Waals surface area contributed by atoms with Crippen molar-refractivity contribution in [3.05, 3.63) is 36.4 Å². The van der Waals surface area contributed by atoms with Crippen LogP contribution in [0.3, 0.4) is 0 Å². The van der Waals surface area contributed by atoms with Crippen molar-refractivity contribution in [1.82, 2.24) is 0 Å². The molecule has 0 saturated carbocycles. The lowest BCUT2D eigenvalue weighted by Gasteiger charge is -2.06. The predicted molar refractivity (Wildman–Crippen MR) is 53.6 cm³/mol. The van der Waals surface area contributed by atoms with Crippen molar-refractivity contribution in [2.75, 3.05) is 12.3 Å². The molecule has 12 heavy (non-hydrogen) atoms. The molecule has 0 aliphatic carbocycles. The first-order valence-electron chi connectivity index (χ1n) is 3.98. The van der Waals surface area contributed by atoms with E-state index in [1.165, 1.54) is 0 Å². The van der Waals surface area contributed by atoms with Crippen LogP contribution in [-0.2, 0) is 0 Å². The smallest absolute Gasteiger partial charge is 0.0390 e. The number of hydrogen-bond donors (Lipinski definition) is 2. The highest BCUT2D eigenvalue weighted by Gasteiger charge is 2.00. The molecule has 0 unspecified atom stereocenters. The Hall–Kier alpha value is -1.28. The van der Waals surface area contributed by atoms with Crippen LogP contribution in [0.1, 0.15) is 12.0 Å². The largest absolute Gasteiger partial charge is 0.398 e. The highest BCUT2D eigenvalue weighted by molar-refractivity contribution is 5.73. The van der Waals surface area contributed by atoms with Gasteiger partial charge in [0.15, 0.2) is 0 Å². The zero-order valence-corrected chi connectivity index (χ0v) is 7.09. The normalized spacial score (nSPS) is 9.75. The molecule has 1 aromatic carbocycles. The summed E-state index contributed by atoms with van der Waals surface area (Å²) in [5.74, 6) is 0. The van der Waals surface area contributed by atoms with E-state index in [9.17, 15) is 0 Å². The van der Waals surface area contributed by atoms with Crippen molar-refractivity contribution >= 4 is 11.3 Å². The summed E-state index contributed by atoms with van der Waals surface area (Å²) >= 11 is 0. The van der Waals surface area contributed by atoms with Crippen molar-refractivity contribution in [2.24, 2.45) is 5.73 Å². The van der Waals surface area contributed by atoms with Crippen LogP contribution in [0.15, 0.2) is 30.8 Å². The lowest BCUT2D eigenvalue weighted by atomic mass is 10.0. The van der Waals surface area contributed by atoms with E-state index < -0.39 is 0 Å². The summed E-state index contributed by atoms with van der Waals surface area (Å²) in [5, 5.41) is 0. The average Bonchev–Trinajstić information content (AvgIpc) is 2.05. The van der Waals surface area contributed by atoms with Crippen LogP contribution in [0.25, 0.3) is 5.57 Å². The van der Waals surface area contributed by atoms with Gasteiger partial charge in [-0.15, -0.1) is 0 Å². The molecule has 0 aliphatic heterocycles. The molecule has 2 heteroatoms. The predicted octanol–water partition coefficient (Wildman–Crippen LogP) is 1.63. The number of rotatable bonds is 3. The summed E-state index contributed by atoms with van der Waals surface area (Å²) in [5.41, 5.74) is 14.0. The van der Waals surface area contributed by atoms with Crippen molar-refractivity contribution in [3.63, 3.8) is 0 Å². The van der Waals surface area contributed by atoms with E-state index in [-0.39, 0.29) is 0 Å². The lowest BCUT2D eigenvalue weighted by molar-refractivity contribution is 1.02. The van der Waals surface area contributed by atoms with Gasteiger partial charge in [-0.1, -0.05) is 24.8 Å². The number of nitrogen functional groups attached to an aromatic ring is 1. The molecule has 0 atom stereocenters. The van der Waals surface area contributed by atoms with Gasteiger partial charge in [-0.05, 0) is 24.6 Å². The third-order valence-corrected chi connectivity index (χ3v) is 1.79. The number of nitrogens with two attached hydrogens (primary N) is 2. The lowest BCUT2D eigenvalue weighted by Crippen LogP contribution is -2.00. The number of para-hydroxylation sites is 1. The van der Waals surface area contributed by atoms with Crippen LogP contribution in [-0.4, -0.2) is 6.54 Å². The Morgan fingerprint density at radius 3 is 2.58 bits per heavy atom. The Bertz CT molecular complexity index is 279. The van der Waals surface area contributed by atoms with Crippen LogP contribution in [0.4, 0.5) is 5.69 Å². The SMILES string of the molecule is C=C(CCN)c1ccccc1N. The maximum absolute atomic E-state index is 5.75. The summed E-state index contributed by atoms with van der Waals surface area (Å²) in [6, 6.07) is 7.70. The van der Waals surface area contributed by atoms with Crippen molar-refractivity contribution < 1.29 is 0 Å². The highest BCUT2D eigenvalue weighted by Crippen LogP contribution is 2.21. The van der Waals surface area contributed by atoms with Gasteiger partial charge < -0.3 is 11.5 Å². The molecule has 2 nitrogen and oxygen atoms in total. The molecule has 0 radical (unpaired) electrons. The van der Waals surface area contributed by atoms with Gasteiger partial charge in [0.25, 0.3) is 0 Å². The summed E-state index contributed by atoms with van der Waals surface area (Å²) in [6.45, 7) is 4.53. The Morgan fingerprint density at radius 1 is 1.33 bits per heavy atom. The summed E-state index contributed by atoms with van der Waals surface area (Å²) in [7, 11) is 0. The van der Waals surface area contributed by atoms with E-state index in [4.69, 9.17) is 11.5 Å². The number of hydrogen-bond acceptors (Lipinski definition) is 2. The van der Waals surface area contributed by atoms with E-state index >= 15 is 0 Å². The maximum atomic E-state index is 5.75. The van der Waals surface area contributed by atoms with E-state index in [0.717, 1.165) is 23.2 Å². The quantitative estimate of drug-likeness (QED) is 0.664. The van der Waals surface area contributed by atoms with Crippen molar-refractivity contribution in [2.45, 2.75) is 6.42 Å². The van der Waals surface area contributed by atoms with Gasteiger partial charge >= 0.3 is 0 Å². The molecule has 0 fully saturated rings. The van der Waals surface area contributed by atoms with E-state index in [1.807, 2.05) is 24.3 Å². The molecule has 1 rings (SSSR count).